The molecule has 0 unspecified atom stereocenters. The summed E-state index contributed by atoms with van der Waals surface area (Å²) < 4.78 is 1.82. The summed E-state index contributed by atoms with van der Waals surface area (Å²) in [5.41, 5.74) is 3.86. The first-order valence-corrected chi connectivity index (χ1v) is 10.1. The summed E-state index contributed by atoms with van der Waals surface area (Å²) in [6.45, 7) is 4.42. The second-order valence-electron chi connectivity index (χ2n) is 7.27. The summed E-state index contributed by atoms with van der Waals surface area (Å²) in [4.78, 5) is 24.5. The van der Waals surface area contributed by atoms with Crippen LogP contribution in [0, 0.1) is 25.2 Å². The third kappa shape index (κ3) is 5.36. The molecule has 1 heterocycles. The van der Waals surface area contributed by atoms with Gasteiger partial charge in [0.1, 0.15) is 0 Å². The van der Waals surface area contributed by atoms with Gasteiger partial charge in [-0.1, -0.05) is 11.6 Å². The van der Waals surface area contributed by atoms with Crippen LogP contribution < -0.4 is 10.6 Å². The predicted molar refractivity (Wildman–Crippen MR) is 111 cm³/mol. The number of carbonyl (C=O) groups is 2. The van der Waals surface area contributed by atoms with Gasteiger partial charge in [-0.15, -0.1) is 0 Å². The van der Waals surface area contributed by atoms with Gasteiger partial charge >= 0.3 is 0 Å². The Balaban J connectivity index is 1.57. The van der Waals surface area contributed by atoms with E-state index < -0.39 is 0 Å². The number of nitriles is 1. The SMILES string of the molecule is Cc1nn(CCC#N)c(C)c1CCC(=O)Nc1ccc(C(=O)NC2CC2)c(Cl)c1. The van der Waals surface area contributed by atoms with Gasteiger partial charge in [-0.05, 0) is 56.9 Å². The normalized spacial score (nSPS) is 13.0. The highest BCUT2D eigenvalue weighted by molar-refractivity contribution is 6.34. The van der Waals surface area contributed by atoms with Crippen molar-refractivity contribution in [3.63, 3.8) is 0 Å². The molecule has 29 heavy (non-hydrogen) atoms. The highest BCUT2D eigenvalue weighted by Gasteiger charge is 2.24. The van der Waals surface area contributed by atoms with Crippen molar-refractivity contribution in [3.8, 4) is 6.07 Å². The molecular formula is C21H24ClN5O2. The molecule has 7 nitrogen and oxygen atoms in total. The molecule has 1 aliphatic carbocycles. The molecule has 1 aromatic heterocycles. The van der Waals surface area contributed by atoms with Crippen molar-refractivity contribution < 1.29 is 9.59 Å². The van der Waals surface area contributed by atoms with Crippen LogP contribution >= 0.6 is 11.6 Å². The Morgan fingerprint density at radius 3 is 2.76 bits per heavy atom. The van der Waals surface area contributed by atoms with Gasteiger partial charge in [-0.2, -0.15) is 10.4 Å². The van der Waals surface area contributed by atoms with Crippen LogP contribution in [0.4, 0.5) is 5.69 Å². The number of aromatic nitrogens is 2. The minimum absolute atomic E-state index is 0.139. The van der Waals surface area contributed by atoms with Crippen LogP contribution in [0.25, 0.3) is 0 Å². The Morgan fingerprint density at radius 1 is 1.34 bits per heavy atom. The van der Waals surface area contributed by atoms with E-state index in [-0.39, 0.29) is 17.9 Å². The molecule has 2 amide bonds. The fourth-order valence-electron chi connectivity index (χ4n) is 3.20. The smallest absolute Gasteiger partial charge is 0.253 e. The molecule has 8 heteroatoms. The summed E-state index contributed by atoms with van der Waals surface area (Å²) in [5.74, 6) is -0.324. The molecule has 0 aliphatic heterocycles. The van der Waals surface area contributed by atoms with Crippen LogP contribution in [0.15, 0.2) is 18.2 Å². The van der Waals surface area contributed by atoms with Crippen molar-refractivity contribution in [1.29, 1.82) is 5.26 Å². The summed E-state index contributed by atoms with van der Waals surface area (Å²) in [5, 5.41) is 19.2. The molecule has 1 saturated carbocycles. The number of aryl methyl sites for hydroxylation is 2. The van der Waals surface area contributed by atoms with E-state index >= 15 is 0 Å². The van der Waals surface area contributed by atoms with E-state index in [0.29, 0.717) is 42.1 Å². The number of halogens is 1. The van der Waals surface area contributed by atoms with E-state index in [1.54, 1.807) is 18.2 Å². The number of rotatable bonds is 8. The Kier molecular flexibility index (Phi) is 6.55. The Hall–Kier alpha value is -2.85. The lowest BCUT2D eigenvalue weighted by molar-refractivity contribution is -0.116. The van der Waals surface area contributed by atoms with Gasteiger partial charge in [0, 0.05) is 23.8 Å². The molecule has 0 radical (unpaired) electrons. The second kappa shape index (κ2) is 9.10. The van der Waals surface area contributed by atoms with Crippen molar-refractivity contribution in [2.24, 2.45) is 0 Å². The predicted octanol–water partition coefficient (Wildman–Crippen LogP) is 3.53. The lowest BCUT2D eigenvalue weighted by Crippen LogP contribution is -2.25. The van der Waals surface area contributed by atoms with Gasteiger partial charge in [0.15, 0.2) is 0 Å². The molecule has 1 aromatic carbocycles. The molecule has 0 bridgehead atoms. The average Bonchev–Trinajstić information content (AvgIpc) is 3.44. The quantitative estimate of drug-likeness (QED) is 0.691. The maximum Gasteiger partial charge on any atom is 0.253 e. The van der Waals surface area contributed by atoms with Gasteiger partial charge in [0.25, 0.3) is 5.91 Å². The standard InChI is InChI=1S/C21H24ClN5O2/c1-13-17(14(2)27(26-13)11-3-10-23)8-9-20(28)24-16-6-7-18(19(22)12-16)21(29)25-15-4-5-15/h6-7,12,15H,3-5,8-9,11H2,1-2H3,(H,24,28)(H,25,29). The molecule has 152 valence electrons. The molecule has 3 rings (SSSR count). The first kappa shape index (κ1) is 20.9. The fourth-order valence-corrected chi connectivity index (χ4v) is 3.47. The monoisotopic (exact) mass is 413 g/mol. The molecule has 0 saturated heterocycles. The number of hydrogen-bond acceptors (Lipinski definition) is 4. The topological polar surface area (TPSA) is 99.8 Å². The van der Waals surface area contributed by atoms with Gasteiger partial charge in [0.05, 0.1) is 35.3 Å². The van der Waals surface area contributed by atoms with E-state index in [4.69, 9.17) is 16.9 Å². The summed E-state index contributed by atoms with van der Waals surface area (Å²) in [7, 11) is 0. The minimum atomic E-state index is -0.185. The maximum absolute atomic E-state index is 12.4. The minimum Gasteiger partial charge on any atom is -0.349 e. The second-order valence-corrected chi connectivity index (χ2v) is 7.68. The third-order valence-electron chi connectivity index (χ3n) is 4.98. The van der Waals surface area contributed by atoms with E-state index in [2.05, 4.69) is 21.8 Å². The van der Waals surface area contributed by atoms with Gasteiger partial charge in [-0.25, -0.2) is 0 Å². The van der Waals surface area contributed by atoms with Gasteiger partial charge in [-0.3, -0.25) is 14.3 Å². The van der Waals surface area contributed by atoms with Crippen molar-refractivity contribution in [2.75, 3.05) is 5.32 Å². The van der Waals surface area contributed by atoms with Crippen molar-refractivity contribution in [2.45, 2.75) is 58.5 Å². The van der Waals surface area contributed by atoms with Crippen LogP contribution in [-0.4, -0.2) is 27.6 Å². The highest BCUT2D eigenvalue weighted by atomic mass is 35.5. The van der Waals surface area contributed by atoms with Crippen LogP contribution in [-0.2, 0) is 17.8 Å². The largest absolute Gasteiger partial charge is 0.349 e. The van der Waals surface area contributed by atoms with Gasteiger partial charge in [0.2, 0.25) is 5.91 Å². The first-order valence-electron chi connectivity index (χ1n) is 9.69. The molecule has 1 fully saturated rings. The summed E-state index contributed by atoms with van der Waals surface area (Å²) >= 11 is 6.22. The Morgan fingerprint density at radius 2 is 2.10 bits per heavy atom. The molecular weight excluding hydrogens is 390 g/mol. The molecule has 0 spiro atoms. The average molecular weight is 414 g/mol. The van der Waals surface area contributed by atoms with Crippen LogP contribution in [0.2, 0.25) is 5.02 Å². The zero-order valence-corrected chi connectivity index (χ0v) is 17.3. The Bertz CT molecular complexity index is 972. The van der Waals surface area contributed by atoms with E-state index in [1.807, 2.05) is 18.5 Å². The number of anilines is 1. The maximum atomic E-state index is 12.4. The number of carbonyl (C=O) groups excluding carboxylic acids is 2. The van der Waals surface area contributed by atoms with Crippen LogP contribution in [0.5, 0.6) is 0 Å². The lowest BCUT2D eigenvalue weighted by Gasteiger charge is -2.09. The summed E-state index contributed by atoms with van der Waals surface area (Å²) in [6, 6.07) is 7.28. The lowest BCUT2D eigenvalue weighted by atomic mass is 10.1. The molecule has 0 atom stereocenters. The van der Waals surface area contributed by atoms with Gasteiger partial charge < -0.3 is 10.6 Å². The molecule has 2 N–H and O–H groups in total. The zero-order chi connectivity index (χ0) is 21.0. The van der Waals surface area contributed by atoms with Crippen LogP contribution in [0.1, 0.15) is 53.0 Å². The van der Waals surface area contributed by atoms with E-state index in [0.717, 1.165) is 29.8 Å². The number of nitrogens with one attached hydrogen (secondary N) is 2. The fraction of sp³-hybridized carbons (Fsp3) is 0.429. The molecule has 2 aromatic rings. The van der Waals surface area contributed by atoms with Crippen molar-refractivity contribution in [3.05, 3.63) is 45.7 Å². The number of amides is 2. The number of benzene rings is 1. The van der Waals surface area contributed by atoms with E-state index in [1.165, 1.54) is 0 Å². The molecule has 1 aliphatic rings. The summed E-state index contributed by atoms with van der Waals surface area (Å²) in [6.07, 6.45) is 3.28. The third-order valence-corrected chi connectivity index (χ3v) is 5.29. The number of nitrogens with zero attached hydrogens (tertiary/aromatic N) is 3. The zero-order valence-electron chi connectivity index (χ0n) is 16.6. The van der Waals surface area contributed by atoms with E-state index in [9.17, 15) is 9.59 Å². The van der Waals surface area contributed by atoms with Crippen molar-refractivity contribution in [1.82, 2.24) is 15.1 Å². The number of hydrogen-bond donors (Lipinski definition) is 2. The first-order chi connectivity index (χ1) is 13.9. The van der Waals surface area contributed by atoms with Crippen molar-refractivity contribution >= 4 is 29.1 Å². The Labute approximate surface area is 175 Å². The van der Waals surface area contributed by atoms with Crippen LogP contribution in [0.3, 0.4) is 0 Å². The highest BCUT2D eigenvalue weighted by Crippen LogP contribution is 2.24.